The SMILES string of the molecule is CCNC(C)(C)CN1CCC(C(C)(C)C)C1. The summed E-state index contributed by atoms with van der Waals surface area (Å²) in [5.74, 6) is 0.866. The van der Waals surface area contributed by atoms with Gasteiger partial charge in [0.25, 0.3) is 0 Å². The van der Waals surface area contributed by atoms with Gasteiger partial charge in [-0.1, -0.05) is 27.7 Å². The summed E-state index contributed by atoms with van der Waals surface area (Å²) in [5.41, 5.74) is 0.721. The van der Waals surface area contributed by atoms with Crippen molar-refractivity contribution in [2.24, 2.45) is 11.3 Å². The van der Waals surface area contributed by atoms with E-state index in [1.54, 1.807) is 0 Å². The lowest BCUT2D eigenvalue weighted by atomic mass is 9.80. The van der Waals surface area contributed by atoms with Crippen LogP contribution in [0.2, 0.25) is 0 Å². The summed E-state index contributed by atoms with van der Waals surface area (Å²) < 4.78 is 0. The van der Waals surface area contributed by atoms with Gasteiger partial charge in [0, 0.05) is 18.6 Å². The summed E-state index contributed by atoms with van der Waals surface area (Å²) in [6, 6.07) is 0. The predicted octanol–water partition coefficient (Wildman–Crippen LogP) is 2.74. The summed E-state index contributed by atoms with van der Waals surface area (Å²) in [6.45, 7) is 18.7. The van der Waals surface area contributed by atoms with Crippen LogP contribution in [0.15, 0.2) is 0 Å². The fraction of sp³-hybridized carbons (Fsp3) is 1.00. The van der Waals surface area contributed by atoms with E-state index in [0.717, 1.165) is 12.5 Å². The van der Waals surface area contributed by atoms with Crippen molar-refractivity contribution in [1.29, 1.82) is 0 Å². The van der Waals surface area contributed by atoms with Gasteiger partial charge in [-0.3, -0.25) is 0 Å². The zero-order valence-electron chi connectivity index (χ0n) is 12.1. The molecule has 1 rings (SSSR count). The molecular weight excluding hydrogens is 196 g/mol. The summed E-state index contributed by atoms with van der Waals surface area (Å²) in [4.78, 5) is 2.62. The third-order valence-electron chi connectivity index (χ3n) is 3.77. The molecule has 0 saturated carbocycles. The lowest BCUT2D eigenvalue weighted by Crippen LogP contribution is -2.48. The van der Waals surface area contributed by atoms with Crippen LogP contribution in [0.4, 0.5) is 0 Å². The van der Waals surface area contributed by atoms with Crippen molar-refractivity contribution in [3.05, 3.63) is 0 Å². The molecule has 1 heterocycles. The van der Waals surface area contributed by atoms with Crippen LogP contribution in [0.3, 0.4) is 0 Å². The Kier molecular flexibility index (Phi) is 4.42. The molecular formula is C14H30N2. The topological polar surface area (TPSA) is 15.3 Å². The van der Waals surface area contributed by atoms with E-state index >= 15 is 0 Å². The minimum absolute atomic E-state index is 0.252. The van der Waals surface area contributed by atoms with Crippen molar-refractivity contribution in [3.8, 4) is 0 Å². The molecule has 0 aliphatic carbocycles. The Morgan fingerprint density at radius 1 is 1.19 bits per heavy atom. The van der Waals surface area contributed by atoms with Crippen LogP contribution in [-0.2, 0) is 0 Å². The molecule has 0 aromatic rings. The molecule has 2 heteroatoms. The van der Waals surface area contributed by atoms with Gasteiger partial charge in [-0.2, -0.15) is 0 Å². The lowest BCUT2D eigenvalue weighted by Gasteiger charge is -2.32. The molecule has 1 unspecified atom stereocenters. The Morgan fingerprint density at radius 2 is 1.81 bits per heavy atom. The number of hydrogen-bond donors (Lipinski definition) is 1. The third kappa shape index (κ3) is 4.06. The van der Waals surface area contributed by atoms with E-state index < -0.39 is 0 Å². The highest BCUT2D eigenvalue weighted by Gasteiger charge is 2.33. The van der Waals surface area contributed by atoms with E-state index in [9.17, 15) is 0 Å². The average molecular weight is 226 g/mol. The largest absolute Gasteiger partial charge is 0.311 e. The Bertz CT molecular complexity index is 215. The molecule has 96 valence electrons. The molecule has 1 atom stereocenters. The molecule has 0 amide bonds. The first kappa shape index (κ1) is 14.0. The molecule has 0 aromatic heterocycles. The number of likely N-dealkylation sites (tertiary alicyclic amines) is 1. The second kappa shape index (κ2) is 5.05. The second-order valence-electron chi connectivity index (χ2n) is 7.00. The molecule has 0 spiro atoms. The van der Waals surface area contributed by atoms with Gasteiger partial charge in [-0.25, -0.2) is 0 Å². The maximum atomic E-state index is 3.56. The van der Waals surface area contributed by atoms with E-state index in [2.05, 4.69) is 51.8 Å². The highest BCUT2D eigenvalue weighted by molar-refractivity contribution is 4.88. The van der Waals surface area contributed by atoms with Gasteiger partial charge in [0.2, 0.25) is 0 Å². The van der Waals surface area contributed by atoms with E-state index in [0.29, 0.717) is 5.41 Å². The minimum atomic E-state index is 0.252. The molecule has 0 bridgehead atoms. The molecule has 16 heavy (non-hydrogen) atoms. The van der Waals surface area contributed by atoms with Gasteiger partial charge in [-0.15, -0.1) is 0 Å². The lowest BCUT2D eigenvalue weighted by molar-refractivity contribution is 0.198. The van der Waals surface area contributed by atoms with Crippen LogP contribution in [0, 0.1) is 11.3 Å². The molecule has 1 aliphatic heterocycles. The van der Waals surface area contributed by atoms with E-state index in [1.807, 2.05) is 0 Å². The highest BCUT2D eigenvalue weighted by Crippen LogP contribution is 2.33. The van der Waals surface area contributed by atoms with E-state index in [-0.39, 0.29) is 5.54 Å². The Labute approximate surface area is 102 Å². The fourth-order valence-electron chi connectivity index (χ4n) is 2.78. The number of likely N-dealkylation sites (N-methyl/N-ethyl adjacent to an activating group) is 1. The van der Waals surface area contributed by atoms with Crippen molar-refractivity contribution in [3.63, 3.8) is 0 Å². The summed E-state index contributed by atoms with van der Waals surface area (Å²) in [6.07, 6.45) is 1.37. The van der Waals surface area contributed by atoms with E-state index in [4.69, 9.17) is 0 Å². The van der Waals surface area contributed by atoms with E-state index in [1.165, 1.54) is 26.1 Å². The summed E-state index contributed by atoms with van der Waals surface area (Å²) in [7, 11) is 0. The quantitative estimate of drug-likeness (QED) is 0.793. The van der Waals surface area contributed by atoms with Crippen molar-refractivity contribution in [2.75, 3.05) is 26.2 Å². The van der Waals surface area contributed by atoms with Gasteiger partial charge in [0.1, 0.15) is 0 Å². The van der Waals surface area contributed by atoms with Gasteiger partial charge in [-0.05, 0) is 44.7 Å². The zero-order chi connectivity index (χ0) is 12.4. The van der Waals surface area contributed by atoms with Crippen LogP contribution in [0.5, 0.6) is 0 Å². The summed E-state index contributed by atoms with van der Waals surface area (Å²) >= 11 is 0. The molecule has 1 fully saturated rings. The standard InChI is InChI=1S/C14H30N2/c1-7-15-14(5,6)11-16-9-8-12(10-16)13(2,3)4/h12,15H,7-11H2,1-6H3. The maximum Gasteiger partial charge on any atom is 0.0252 e. The monoisotopic (exact) mass is 226 g/mol. The first-order valence-corrected chi connectivity index (χ1v) is 6.72. The highest BCUT2D eigenvalue weighted by atomic mass is 15.2. The van der Waals surface area contributed by atoms with Crippen molar-refractivity contribution in [2.45, 2.75) is 53.5 Å². The van der Waals surface area contributed by atoms with Crippen LogP contribution in [0.25, 0.3) is 0 Å². The molecule has 0 radical (unpaired) electrons. The number of rotatable bonds is 4. The van der Waals surface area contributed by atoms with Crippen molar-refractivity contribution in [1.82, 2.24) is 10.2 Å². The number of nitrogens with zero attached hydrogens (tertiary/aromatic N) is 1. The molecule has 1 N–H and O–H groups in total. The van der Waals surface area contributed by atoms with Crippen LogP contribution < -0.4 is 5.32 Å². The molecule has 1 aliphatic rings. The normalized spacial score (nSPS) is 24.0. The Balaban J connectivity index is 2.42. The smallest absolute Gasteiger partial charge is 0.0252 e. The molecule has 0 aromatic carbocycles. The number of nitrogens with one attached hydrogen (secondary N) is 1. The van der Waals surface area contributed by atoms with Crippen molar-refractivity contribution >= 4 is 0 Å². The van der Waals surface area contributed by atoms with Gasteiger partial charge in [0.15, 0.2) is 0 Å². The zero-order valence-corrected chi connectivity index (χ0v) is 12.1. The number of hydrogen-bond acceptors (Lipinski definition) is 2. The Hall–Kier alpha value is -0.0800. The van der Waals surface area contributed by atoms with Gasteiger partial charge in [0.05, 0.1) is 0 Å². The van der Waals surface area contributed by atoms with Crippen LogP contribution >= 0.6 is 0 Å². The van der Waals surface area contributed by atoms with Gasteiger partial charge < -0.3 is 10.2 Å². The molecule has 2 nitrogen and oxygen atoms in total. The Morgan fingerprint density at radius 3 is 2.25 bits per heavy atom. The minimum Gasteiger partial charge on any atom is -0.311 e. The second-order valence-corrected chi connectivity index (χ2v) is 7.00. The maximum absolute atomic E-state index is 3.56. The first-order valence-electron chi connectivity index (χ1n) is 6.72. The fourth-order valence-corrected chi connectivity index (χ4v) is 2.78. The molecule has 1 saturated heterocycles. The summed E-state index contributed by atoms with van der Waals surface area (Å²) in [5, 5.41) is 3.56. The van der Waals surface area contributed by atoms with Crippen molar-refractivity contribution < 1.29 is 0 Å². The van der Waals surface area contributed by atoms with Crippen LogP contribution in [-0.4, -0.2) is 36.6 Å². The van der Waals surface area contributed by atoms with Crippen LogP contribution in [0.1, 0.15) is 48.0 Å². The first-order chi connectivity index (χ1) is 7.24. The average Bonchev–Trinajstić information content (AvgIpc) is 2.50. The van der Waals surface area contributed by atoms with Gasteiger partial charge >= 0.3 is 0 Å². The third-order valence-corrected chi connectivity index (χ3v) is 3.77. The predicted molar refractivity (Wildman–Crippen MR) is 71.8 cm³/mol.